The monoisotopic (exact) mass is 394 g/mol. The molecule has 0 radical (unpaired) electrons. The number of carbonyl (C=O) groups excluding carboxylic acids is 1. The summed E-state index contributed by atoms with van der Waals surface area (Å²) in [6.07, 6.45) is 2.47. The predicted molar refractivity (Wildman–Crippen MR) is 99.4 cm³/mol. The highest BCUT2D eigenvalue weighted by Gasteiger charge is 2.38. The van der Waals surface area contributed by atoms with Crippen molar-refractivity contribution in [1.29, 1.82) is 5.41 Å². The third-order valence-electron chi connectivity index (χ3n) is 3.47. The number of fused-ring (bicyclic) bond motifs is 1. The van der Waals surface area contributed by atoms with Gasteiger partial charge >= 0.3 is 0 Å². The zero-order chi connectivity index (χ0) is 19.1. The maximum Gasteiger partial charge on any atom is 0.283 e. The molecule has 1 amide bonds. The van der Waals surface area contributed by atoms with E-state index in [4.69, 9.17) is 14.9 Å². The van der Waals surface area contributed by atoms with Crippen LogP contribution in [0, 0.1) is 5.41 Å². The smallest absolute Gasteiger partial charge is 0.283 e. The number of amidine groups is 2. The quantitative estimate of drug-likeness (QED) is 0.767. The first-order valence-corrected chi connectivity index (χ1v) is 9.87. The van der Waals surface area contributed by atoms with E-state index in [1.807, 2.05) is 0 Å². The number of rotatable bonds is 3. The van der Waals surface area contributed by atoms with Crippen LogP contribution in [0.4, 0.5) is 0 Å². The summed E-state index contributed by atoms with van der Waals surface area (Å²) in [5.41, 5.74) is 0.577. The summed E-state index contributed by atoms with van der Waals surface area (Å²) >= 11 is 0.741. The fraction of sp³-hybridized carbons (Fsp3) is 0.200. The van der Waals surface area contributed by atoms with Gasteiger partial charge in [0.1, 0.15) is 0 Å². The molecular formula is C15H14N4O5S2. The molecule has 1 aromatic carbocycles. The maximum absolute atomic E-state index is 12.3. The van der Waals surface area contributed by atoms with Crippen molar-refractivity contribution in [3.63, 3.8) is 0 Å². The molecular weight excluding hydrogens is 380 g/mol. The van der Waals surface area contributed by atoms with Crippen molar-refractivity contribution in [2.75, 3.05) is 20.5 Å². The Kier molecular flexibility index (Phi) is 4.59. The summed E-state index contributed by atoms with van der Waals surface area (Å²) < 4.78 is 33.5. The molecule has 1 N–H and O–H groups in total. The van der Waals surface area contributed by atoms with E-state index in [0.29, 0.717) is 17.1 Å². The van der Waals surface area contributed by atoms with E-state index in [0.717, 1.165) is 23.0 Å². The molecule has 0 bridgehead atoms. The molecule has 0 aromatic heterocycles. The molecule has 2 aliphatic heterocycles. The van der Waals surface area contributed by atoms with Gasteiger partial charge in [0.05, 0.1) is 19.8 Å². The number of hydrogen-bond donors (Lipinski definition) is 1. The van der Waals surface area contributed by atoms with Gasteiger partial charge in [0.25, 0.3) is 5.91 Å². The van der Waals surface area contributed by atoms with Gasteiger partial charge in [-0.3, -0.25) is 10.2 Å². The Bertz CT molecular complexity index is 1010. The second kappa shape index (κ2) is 6.57. The molecule has 3 rings (SSSR count). The van der Waals surface area contributed by atoms with Crippen molar-refractivity contribution in [2.45, 2.75) is 0 Å². The number of ether oxygens (including phenoxy) is 2. The largest absolute Gasteiger partial charge is 0.493 e. The lowest BCUT2D eigenvalue weighted by Gasteiger charge is -2.20. The van der Waals surface area contributed by atoms with Gasteiger partial charge in [-0.25, -0.2) is 8.42 Å². The van der Waals surface area contributed by atoms with E-state index in [9.17, 15) is 13.2 Å². The number of nitrogens with one attached hydrogen (secondary N) is 1. The third kappa shape index (κ3) is 3.22. The van der Waals surface area contributed by atoms with E-state index in [2.05, 4.69) is 10.1 Å². The van der Waals surface area contributed by atoms with Gasteiger partial charge in [-0.15, -0.1) is 5.10 Å². The Morgan fingerprint density at radius 2 is 1.92 bits per heavy atom. The molecule has 0 spiro atoms. The molecule has 9 nitrogen and oxygen atoms in total. The lowest BCUT2D eigenvalue weighted by atomic mass is 10.1. The van der Waals surface area contributed by atoms with Crippen LogP contribution in [0.25, 0.3) is 6.08 Å². The SMILES string of the molecule is COc1ccc(/C=C2/C(=N)N3N=C(S(C)(=O)=O)SC3=NC2=O)cc1OC. The molecule has 2 heterocycles. The third-order valence-corrected chi connectivity index (χ3v) is 6.05. The molecule has 0 aliphatic carbocycles. The summed E-state index contributed by atoms with van der Waals surface area (Å²) in [5.74, 6) is 0.0997. The van der Waals surface area contributed by atoms with Crippen molar-refractivity contribution in [3.05, 3.63) is 29.3 Å². The number of methoxy groups -OCH3 is 2. The van der Waals surface area contributed by atoms with E-state index in [1.165, 1.54) is 20.3 Å². The highest BCUT2D eigenvalue weighted by atomic mass is 32.3. The van der Waals surface area contributed by atoms with Gasteiger partial charge in [0.15, 0.2) is 17.3 Å². The average Bonchev–Trinajstić information content (AvgIpc) is 3.02. The molecule has 136 valence electrons. The van der Waals surface area contributed by atoms with Gasteiger partial charge in [-0.2, -0.15) is 10.0 Å². The standard InChI is InChI=1S/C15H14N4O5S2/c1-23-10-5-4-8(7-11(10)24-2)6-9-12(16)19-14(17-13(9)20)25-15(18-19)26(3,21)22/h4-7,16H,1-3H3/b9-6-,16-12?. The Hall–Kier alpha value is -2.66. The fourth-order valence-corrected chi connectivity index (χ4v) is 3.92. The first kappa shape index (κ1) is 18.1. The van der Waals surface area contributed by atoms with Crippen LogP contribution in [0.3, 0.4) is 0 Å². The number of thioether (sulfide) groups is 1. The van der Waals surface area contributed by atoms with Crippen molar-refractivity contribution in [1.82, 2.24) is 5.01 Å². The molecule has 2 aliphatic rings. The molecule has 11 heteroatoms. The minimum Gasteiger partial charge on any atom is -0.493 e. The number of aliphatic imine (C=N–C) groups is 1. The fourth-order valence-electron chi connectivity index (χ4n) is 2.23. The Balaban J connectivity index is 2.00. The van der Waals surface area contributed by atoms with E-state index in [1.54, 1.807) is 18.2 Å². The maximum atomic E-state index is 12.3. The van der Waals surface area contributed by atoms with E-state index >= 15 is 0 Å². The number of sulfone groups is 1. The van der Waals surface area contributed by atoms with Gasteiger partial charge in [0.2, 0.25) is 19.4 Å². The normalized spacial score (nSPS) is 18.6. The minimum atomic E-state index is -3.56. The topological polar surface area (TPSA) is 121 Å². The van der Waals surface area contributed by atoms with Crippen LogP contribution in [-0.2, 0) is 14.6 Å². The predicted octanol–water partition coefficient (Wildman–Crippen LogP) is 1.33. The number of hydrazone groups is 1. The van der Waals surface area contributed by atoms with Crippen molar-refractivity contribution in [2.24, 2.45) is 10.1 Å². The lowest BCUT2D eigenvalue weighted by Crippen LogP contribution is -2.35. The van der Waals surface area contributed by atoms with E-state index in [-0.39, 0.29) is 21.0 Å². The van der Waals surface area contributed by atoms with Crippen LogP contribution in [0.1, 0.15) is 5.56 Å². The molecule has 0 atom stereocenters. The average molecular weight is 394 g/mol. The van der Waals surface area contributed by atoms with Crippen molar-refractivity contribution >= 4 is 49.0 Å². The first-order valence-electron chi connectivity index (χ1n) is 7.17. The summed E-state index contributed by atoms with van der Waals surface area (Å²) in [4.78, 5) is 16.1. The van der Waals surface area contributed by atoms with Crippen molar-refractivity contribution < 1.29 is 22.7 Å². The summed E-state index contributed by atoms with van der Waals surface area (Å²) in [5, 5.41) is 13.2. The summed E-state index contributed by atoms with van der Waals surface area (Å²) in [6.45, 7) is 0. The molecule has 26 heavy (non-hydrogen) atoms. The second-order valence-corrected chi connectivity index (χ2v) is 8.42. The number of hydrogen-bond acceptors (Lipinski definition) is 8. The van der Waals surface area contributed by atoms with Crippen LogP contribution in [0.15, 0.2) is 33.9 Å². The summed E-state index contributed by atoms with van der Waals surface area (Å²) in [6, 6.07) is 5.01. The van der Waals surface area contributed by atoms with Crippen molar-refractivity contribution in [3.8, 4) is 11.5 Å². The minimum absolute atomic E-state index is 0.0138. The Morgan fingerprint density at radius 3 is 2.54 bits per heavy atom. The Morgan fingerprint density at radius 1 is 1.23 bits per heavy atom. The lowest BCUT2D eigenvalue weighted by molar-refractivity contribution is -0.114. The molecule has 0 saturated carbocycles. The summed E-state index contributed by atoms with van der Waals surface area (Å²) in [7, 11) is -0.565. The number of carbonyl (C=O) groups is 1. The number of benzene rings is 1. The van der Waals surface area contributed by atoms with Gasteiger partial charge in [-0.05, 0) is 35.5 Å². The van der Waals surface area contributed by atoms with Crippen LogP contribution >= 0.6 is 11.8 Å². The molecule has 0 fully saturated rings. The highest BCUT2D eigenvalue weighted by molar-refractivity contribution is 8.42. The zero-order valence-electron chi connectivity index (χ0n) is 14.0. The first-order chi connectivity index (χ1) is 12.2. The highest BCUT2D eigenvalue weighted by Crippen LogP contribution is 2.32. The van der Waals surface area contributed by atoms with Crippen LogP contribution < -0.4 is 9.47 Å². The molecule has 0 unspecified atom stereocenters. The van der Waals surface area contributed by atoms with Gasteiger partial charge in [-0.1, -0.05) is 6.07 Å². The Labute approximate surface area is 153 Å². The van der Waals surface area contributed by atoms with Crippen LogP contribution in [0.5, 0.6) is 11.5 Å². The molecule has 0 saturated heterocycles. The molecule has 1 aromatic rings. The zero-order valence-corrected chi connectivity index (χ0v) is 15.6. The number of amides is 1. The van der Waals surface area contributed by atoms with Gasteiger partial charge < -0.3 is 9.47 Å². The van der Waals surface area contributed by atoms with Gasteiger partial charge in [0, 0.05) is 6.26 Å². The van der Waals surface area contributed by atoms with E-state index < -0.39 is 15.7 Å². The second-order valence-electron chi connectivity index (χ2n) is 5.27. The number of nitrogens with zero attached hydrogens (tertiary/aromatic N) is 3. The van der Waals surface area contributed by atoms with Crippen LogP contribution in [-0.4, -0.2) is 55.2 Å². The van der Waals surface area contributed by atoms with Crippen LogP contribution in [0.2, 0.25) is 0 Å².